The monoisotopic (exact) mass is 655 g/mol. The minimum atomic E-state index is 0.0480. The van der Waals surface area contributed by atoms with Gasteiger partial charge < -0.3 is 0 Å². The van der Waals surface area contributed by atoms with E-state index in [1.807, 2.05) is 12.3 Å². The molecule has 2 aromatic heterocycles. The zero-order chi connectivity index (χ0) is 27.3. The summed E-state index contributed by atoms with van der Waals surface area (Å²) < 4.78 is 5.25. The predicted molar refractivity (Wildman–Crippen MR) is 173 cm³/mol. The Morgan fingerprint density at radius 1 is 0.659 bits per heavy atom. The Labute approximate surface area is 249 Å². The summed E-state index contributed by atoms with van der Waals surface area (Å²) in [5, 5.41) is 17.3. The molecule has 0 amide bonds. The average molecular weight is 654 g/mol. The first-order chi connectivity index (χ1) is 20.3. The van der Waals surface area contributed by atoms with Crippen molar-refractivity contribution < 1.29 is 0 Å². The van der Waals surface area contributed by atoms with Crippen molar-refractivity contribution in [2.75, 3.05) is 4.90 Å². The van der Waals surface area contributed by atoms with Crippen LogP contribution < -0.4 is 13.8 Å². The summed E-state index contributed by atoms with van der Waals surface area (Å²) in [5.74, 6) is 0. The van der Waals surface area contributed by atoms with Gasteiger partial charge >= 0.3 is 251 Å². The Morgan fingerprint density at radius 2 is 1.22 bits per heavy atom. The van der Waals surface area contributed by atoms with Crippen molar-refractivity contribution in [2.45, 2.75) is 0 Å². The molecular formula is C36H21N3Se2. The number of anilines is 3. The molecule has 8 rings (SSSR count). The van der Waals surface area contributed by atoms with Gasteiger partial charge in [0, 0.05) is 0 Å². The molecule has 41 heavy (non-hydrogen) atoms. The molecule has 0 atom stereocenters. The van der Waals surface area contributed by atoms with Crippen LogP contribution in [0.15, 0.2) is 121 Å². The van der Waals surface area contributed by atoms with E-state index in [9.17, 15) is 5.26 Å². The molecule has 0 radical (unpaired) electrons. The zero-order valence-electron chi connectivity index (χ0n) is 21.8. The van der Waals surface area contributed by atoms with Crippen LogP contribution in [0.1, 0.15) is 10.1 Å². The molecule has 192 valence electrons. The van der Waals surface area contributed by atoms with Gasteiger partial charge in [0.05, 0.1) is 0 Å². The molecule has 0 bridgehead atoms. The summed E-state index contributed by atoms with van der Waals surface area (Å²) in [4.78, 5) is 7.23. The van der Waals surface area contributed by atoms with Crippen LogP contribution in [0.4, 0.5) is 15.9 Å². The summed E-state index contributed by atoms with van der Waals surface area (Å²) in [7, 11) is 0. The summed E-state index contributed by atoms with van der Waals surface area (Å²) in [6.07, 6.45) is 3.97. The average Bonchev–Trinajstić information content (AvgIpc) is 3.50. The summed E-state index contributed by atoms with van der Waals surface area (Å²) in [6, 6.07) is 43.4. The van der Waals surface area contributed by atoms with Crippen LogP contribution in [0, 0.1) is 11.3 Å². The van der Waals surface area contributed by atoms with Crippen molar-refractivity contribution in [3.8, 4) is 6.07 Å². The molecule has 5 heteroatoms. The van der Waals surface area contributed by atoms with Gasteiger partial charge in [-0.2, -0.15) is 0 Å². The topological polar surface area (TPSA) is 39.9 Å². The molecule has 1 aliphatic heterocycles. The van der Waals surface area contributed by atoms with E-state index in [1.54, 1.807) is 0 Å². The fourth-order valence-electron chi connectivity index (χ4n) is 5.73. The van der Waals surface area contributed by atoms with Crippen LogP contribution in [-0.4, -0.2) is 34.4 Å². The molecule has 3 nitrogen and oxygen atoms in total. The van der Waals surface area contributed by atoms with E-state index < -0.39 is 0 Å². The molecule has 5 aromatic carbocycles. The number of aromatic nitrogens is 1. The van der Waals surface area contributed by atoms with Gasteiger partial charge in [-0.05, 0) is 0 Å². The van der Waals surface area contributed by atoms with Gasteiger partial charge in [0.1, 0.15) is 0 Å². The van der Waals surface area contributed by atoms with Crippen LogP contribution in [0.3, 0.4) is 0 Å². The minimum absolute atomic E-state index is 0.0480. The van der Waals surface area contributed by atoms with Gasteiger partial charge in [0.15, 0.2) is 0 Å². The van der Waals surface area contributed by atoms with Gasteiger partial charge in [0.2, 0.25) is 0 Å². The predicted octanol–water partition coefficient (Wildman–Crippen LogP) is 7.10. The van der Waals surface area contributed by atoms with Crippen LogP contribution in [-0.2, 0) is 0 Å². The number of nitrogens with zero attached hydrogens (tertiary/aromatic N) is 3. The van der Waals surface area contributed by atoms with Gasteiger partial charge in [-0.1, -0.05) is 0 Å². The molecule has 0 unspecified atom stereocenters. The number of allylic oxidation sites excluding steroid dienone is 1. The van der Waals surface area contributed by atoms with Crippen LogP contribution in [0.25, 0.3) is 44.0 Å². The van der Waals surface area contributed by atoms with Crippen molar-refractivity contribution >= 4 is 98.3 Å². The fraction of sp³-hybridized carbons (Fsp3) is 0. The second kappa shape index (κ2) is 9.89. The summed E-state index contributed by atoms with van der Waals surface area (Å²) in [6.45, 7) is 0. The molecule has 3 heterocycles. The quantitative estimate of drug-likeness (QED) is 0.116. The number of rotatable bonds is 3. The maximum atomic E-state index is 10.3. The number of hydrogen-bond acceptors (Lipinski definition) is 3. The molecule has 0 spiro atoms. The summed E-state index contributed by atoms with van der Waals surface area (Å²) in [5.41, 5.74) is 3.85. The van der Waals surface area contributed by atoms with E-state index in [1.165, 1.54) is 50.8 Å². The molecule has 0 saturated carbocycles. The van der Waals surface area contributed by atoms with E-state index in [4.69, 9.17) is 4.98 Å². The maximum absolute atomic E-state index is 10.3. The summed E-state index contributed by atoms with van der Waals surface area (Å²) >= 11 is 0.337. The Kier molecular flexibility index (Phi) is 5.88. The van der Waals surface area contributed by atoms with E-state index >= 15 is 0 Å². The number of fused-ring (bicyclic) bond motifs is 8. The molecular weight excluding hydrogens is 632 g/mol. The van der Waals surface area contributed by atoms with Crippen molar-refractivity contribution in [3.05, 3.63) is 132 Å². The first-order valence-corrected chi connectivity index (χ1v) is 16.8. The second-order valence-corrected chi connectivity index (χ2v) is 14.5. The SMILES string of the molecule is N#C/C(=C\c1ccc(N2c3ccccc3[Se]c3ccccc32)[se]1)c1cc2c3ccccc3c3ccccc3c2cn1. The van der Waals surface area contributed by atoms with E-state index in [0.29, 0.717) is 11.3 Å². The zero-order valence-corrected chi connectivity index (χ0v) is 25.2. The van der Waals surface area contributed by atoms with Crippen molar-refractivity contribution in [1.82, 2.24) is 4.98 Å². The van der Waals surface area contributed by atoms with E-state index in [-0.39, 0.29) is 29.5 Å². The molecule has 0 N–H and O–H groups in total. The molecule has 7 aromatic rings. The number of hydrogen-bond donors (Lipinski definition) is 0. The molecule has 0 fully saturated rings. The first kappa shape index (κ1) is 24.4. The third-order valence-corrected chi connectivity index (χ3v) is 12.1. The molecule has 0 saturated heterocycles. The van der Waals surface area contributed by atoms with Crippen LogP contribution >= 0.6 is 0 Å². The number of para-hydroxylation sites is 2. The Hall–Kier alpha value is -4.42. The number of benzene rings is 5. The Balaban J connectivity index is 1.24. The first-order valence-electron chi connectivity index (χ1n) is 13.4. The van der Waals surface area contributed by atoms with E-state index in [2.05, 4.69) is 126 Å². The van der Waals surface area contributed by atoms with Crippen molar-refractivity contribution in [2.24, 2.45) is 0 Å². The number of pyridine rings is 1. The molecule has 0 aliphatic carbocycles. The van der Waals surface area contributed by atoms with Crippen LogP contribution in [0.5, 0.6) is 0 Å². The fourth-order valence-corrected chi connectivity index (χ4v) is 10.0. The second-order valence-electron chi connectivity index (χ2n) is 9.93. The Morgan fingerprint density at radius 3 is 1.85 bits per heavy atom. The van der Waals surface area contributed by atoms with Gasteiger partial charge in [0.25, 0.3) is 0 Å². The third kappa shape index (κ3) is 4.05. The van der Waals surface area contributed by atoms with Crippen molar-refractivity contribution in [3.63, 3.8) is 0 Å². The van der Waals surface area contributed by atoms with Gasteiger partial charge in [-0.3, -0.25) is 0 Å². The normalized spacial score (nSPS) is 12.9. The Bertz CT molecular complexity index is 2140. The van der Waals surface area contributed by atoms with Crippen molar-refractivity contribution in [1.29, 1.82) is 5.26 Å². The van der Waals surface area contributed by atoms with Gasteiger partial charge in [-0.15, -0.1) is 0 Å². The van der Waals surface area contributed by atoms with Crippen LogP contribution in [0.2, 0.25) is 0 Å². The van der Waals surface area contributed by atoms with Gasteiger partial charge in [-0.25, -0.2) is 0 Å². The third-order valence-electron chi connectivity index (χ3n) is 7.58. The van der Waals surface area contributed by atoms with E-state index in [0.717, 1.165) is 10.8 Å². The number of nitriles is 1. The molecule has 1 aliphatic rings. The standard InChI is InChI=1S/C36H21N3Se2/c37-21-23(31-20-29-27-11-3-1-9-25(27)26-10-2-4-12-28(26)30(29)22-38-31)19-24-17-18-36(40-24)39-32-13-5-7-15-34(32)41-35-16-8-6-14-33(35)39/h1-20,22H/b23-19+.